The summed E-state index contributed by atoms with van der Waals surface area (Å²) in [4.78, 5) is 11.2. The van der Waals surface area contributed by atoms with Gasteiger partial charge in [-0.15, -0.1) is 0 Å². The van der Waals surface area contributed by atoms with Crippen LogP contribution in [0.3, 0.4) is 0 Å². The lowest BCUT2D eigenvalue weighted by molar-refractivity contribution is -0.114. The summed E-state index contributed by atoms with van der Waals surface area (Å²) in [6.45, 7) is 0. The minimum Gasteiger partial charge on any atom is -0.286 e. The lowest BCUT2D eigenvalue weighted by atomic mass is 9.90. The monoisotopic (exact) mass is 174 g/mol. The van der Waals surface area contributed by atoms with Crippen LogP contribution in [0.5, 0.6) is 0 Å². The predicted octanol–water partition coefficient (Wildman–Crippen LogP) is 2.47. The van der Waals surface area contributed by atoms with Crippen molar-refractivity contribution >= 4 is 26.7 Å². The summed E-state index contributed by atoms with van der Waals surface area (Å²) >= 11 is 0. The van der Waals surface area contributed by atoms with Crippen LogP contribution in [0, 0.1) is 5.92 Å². The van der Waals surface area contributed by atoms with Gasteiger partial charge in [0.2, 0.25) is 5.12 Å². The molecule has 0 bridgehead atoms. The number of hydrogen-bond donors (Lipinski definition) is 0. The van der Waals surface area contributed by atoms with Gasteiger partial charge in [0.05, 0.1) is 0 Å². The van der Waals surface area contributed by atoms with Crippen molar-refractivity contribution in [2.24, 2.45) is 5.92 Å². The van der Waals surface area contributed by atoms with E-state index in [4.69, 9.17) is 0 Å². The quantitative estimate of drug-likeness (QED) is 0.525. The third-order valence-electron chi connectivity index (χ3n) is 2.26. The molecule has 3 heteroatoms. The molecule has 2 unspecified atom stereocenters. The minimum absolute atomic E-state index is 0.420. The Labute approximate surface area is 68.7 Å². The predicted molar refractivity (Wildman–Crippen MR) is 45.9 cm³/mol. The number of carbonyl (C=O) groups excluding carboxylic acids is 1. The Bertz CT molecular complexity index is 158. The molecule has 0 aromatic heterocycles. The fourth-order valence-electron chi connectivity index (χ4n) is 1.65. The molecule has 0 aromatic rings. The Morgan fingerprint density at radius 3 is 2.90 bits per heavy atom. The topological polar surface area (TPSA) is 17.1 Å². The van der Waals surface area contributed by atoms with Crippen LogP contribution in [0.1, 0.15) is 25.7 Å². The van der Waals surface area contributed by atoms with Crippen LogP contribution in [0.4, 0.5) is 0 Å². The van der Waals surface area contributed by atoms with Crippen molar-refractivity contribution in [3.05, 3.63) is 0 Å². The summed E-state index contributed by atoms with van der Waals surface area (Å²) in [6.07, 6.45) is 5.04. The smallest absolute Gasteiger partial charge is 0.203 e. The number of hydrogen-bond acceptors (Lipinski definition) is 3. The Balaban J connectivity index is 2.08. The van der Waals surface area contributed by atoms with E-state index in [9.17, 15) is 4.79 Å². The Hall–Kier alpha value is 0.370. The van der Waals surface area contributed by atoms with E-state index in [2.05, 4.69) is 0 Å². The summed E-state index contributed by atoms with van der Waals surface area (Å²) < 4.78 is 0. The van der Waals surface area contributed by atoms with Crippen LogP contribution < -0.4 is 0 Å². The van der Waals surface area contributed by atoms with Crippen molar-refractivity contribution in [1.82, 2.24) is 0 Å². The average molecular weight is 174 g/mol. The van der Waals surface area contributed by atoms with Gasteiger partial charge in [-0.25, -0.2) is 0 Å². The van der Waals surface area contributed by atoms with Crippen molar-refractivity contribution in [2.45, 2.75) is 30.9 Å². The molecule has 0 spiro atoms. The maximum atomic E-state index is 11.2. The SMILES string of the molecule is O=C1SSC2CCCCC12. The maximum Gasteiger partial charge on any atom is 0.203 e. The highest BCUT2D eigenvalue weighted by molar-refractivity contribution is 8.83. The van der Waals surface area contributed by atoms with Crippen LogP contribution in [-0.2, 0) is 4.79 Å². The molecule has 1 aliphatic heterocycles. The zero-order chi connectivity index (χ0) is 6.97. The van der Waals surface area contributed by atoms with Gasteiger partial charge >= 0.3 is 0 Å². The van der Waals surface area contributed by atoms with E-state index in [-0.39, 0.29) is 0 Å². The van der Waals surface area contributed by atoms with Crippen molar-refractivity contribution in [2.75, 3.05) is 0 Å². The number of fused-ring (bicyclic) bond motifs is 1. The normalized spacial score (nSPS) is 39.8. The van der Waals surface area contributed by atoms with Gasteiger partial charge in [-0.2, -0.15) is 0 Å². The third-order valence-corrected chi connectivity index (χ3v) is 5.16. The molecule has 56 valence electrons. The van der Waals surface area contributed by atoms with Crippen LogP contribution in [0.2, 0.25) is 0 Å². The molecular weight excluding hydrogens is 164 g/mol. The summed E-state index contributed by atoms with van der Waals surface area (Å²) in [7, 11) is 3.28. The molecule has 1 saturated heterocycles. The lowest BCUT2D eigenvalue weighted by Gasteiger charge is -2.20. The van der Waals surface area contributed by atoms with Crippen LogP contribution >= 0.6 is 21.6 Å². The molecule has 2 aliphatic rings. The summed E-state index contributed by atoms with van der Waals surface area (Å²) in [5.41, 5.74) is 0. The van der Waals surface area contributed by atoms with Gasteiger partial charge in [-0.1, -0.05) is 23.6 Å². The minimum atomic E-state index is 0.420. The van der Waals surface area contributed by atoms with E-state index in [1.807, 2.05) is 0 Å². The Kier molecular flexibility index (Phi) is 1.96. The fourth-order valence-corrected chi connectivity index (χ4v) is 4.74. The standard InChI is InChI=1S/C7H10OS2/c8-7-5-3-1-2-4-6(5)9-10-7/h5-6H,1-4H2. The first-order valence-electron chi connectivity index (χ1n) is 3.75. The highest BCUT2D eigenvalue weighted by Crippen LogP contribution is 2.49. The van der Waals surface area contributed by atoms with E-state index in [0.717, 1.165) is 6.42 Å². The molecular formula is C7H10OS2. The first-order valence-corrected chi connectivity index (χ1v) is 5.96. The Morgan fingerprint density at radius 1 is 1.30 bits per heavy atom. The molecule has 1 nitrogen and oxygen atoms in total. The molecule has 2 rings (SSSR count). The first kappa shape index (κ1) is 7.04. The van der Waals surface area contributed by atoms with E-state index in [1.165, 1.54) is 30.1 Å². The summed E-state index contributed by atoms with van der Waals surface area (Å²) in [5.74, 6) is 0.420. The molecule has 1 heterocycles. The zero-order valence-corrected chi connectivity index (χ0v) is 7.34. The van der Waals surface area contributed by atoms with E-state index < -0.39 is 0 Å². The first-order chi connectivity index (χ1) is 4.88. The largest absolute Gasteiger partial charge is 0.286 e. The van der Waals surface area contributed by atoms with Crippen molar-refractivity contribution in [3.8, 4) is 0 Å². The molecule has 0 radical (unpaired) electrons. The second-order valence-electron chi connectivity index (χ2n) is 2.93. The average Bonchev–Trinajstić information content (AvgIpc) is 2.34. The third kappa shape index (κ3) is 1.10. The van der Waals surface area contributed by atoms with Crippen LogP contribution in [-0.4, -0.2) is 10.4 Å². The molecule has 10 heavy (non-hydrogen) atoms. The van der Waals surface area contributed by atoms with E-state index in [0.29, 0.717) is 16.3 Å². The van der Waals surface area contributed by atoms with Gasteiger partial charge in [0, 0.05) is 11.2 Å². The fraction of sp³-hybridized carbons (Fsp3) is 0.857. The van der Waals surface area contributed by atoms with Gasteiger partial charge < -0.3 is 0 Å². The van der Waals surface area contributed by atoms with Crippen molar-refractivity contribution < 1.29 is 4.79 Å². The molecule has 1 saturated carbocycles. The molecule has 0 aromatic carbocycles. The van der Waals surface area contributed by atoms with E-state index >= 15 is 0 Å². The van der Waals surface area contributed by atoms with Crippen molar-refractivity contribution in [3.63, 3.8) is 0 Å². The van der Waals surface area contributed by atoms with Gasteiger partial charge in [-0.05, 0) is 23.6 Å². The van der Waals surface area contributed by atoms with Crippen LogP contribution in [0.25, 0.3) is 0 Å². The summed E-state index contributed by atoms with van der Waals surface area (Å²) in [6, 6.07) is 0. The molecule has 2 atom stereocenters. The lowest BCUT2D eigenvalue weighted by Crippen LogP contribution is -2.21. The second kappa shape index (κ2) is 2.78. The van der Waals surface area contributed by atoms with E-state index in [1.54, 1.807) is 10.8 Å². The highest BCUT2D eigenvalue weighted by Gasteiger charge is 2.37. The summed E-state index contributed by atoms with van der Waals surface area (Å²) in [5, 5.41) is 1.11. The van der Waals surface area contributed by atoms with Gasteiger partial charge in [-0.3, -0.25) is 4.79 Å². The number of rotatable bonds is 0. The molecule has 0 N–H and O–H groups in total. The molecule has 1 aliphatic carbocycles. The van der Waals surface area contributed by atoms with Gasteiger partial charge in [0.1, 0.15) is 0 Å². The zero-order valence-electron chi connectivity index (χ0n) is 5.71. The molecule has 2 fully saturated rings. The van der Waals surface area contributed by atoms with Gasteiger partial charge in [0.25, 0.3) is 0 Å². The van der Waals surface area contributed by atoms with Gasteiger partial charge in [0.15, 0.2) is 0 Å². The highest BCUT2D eigenvalue weighted by atomic mass is 33.1. The van der Waals surface area contributed by atoms with Crippen LogP contribution in [0.15, 0.2) is 0 Å². The second-order valence-corrected chi connectivity index (χ2v) is 5.37. The molecule has 0 amide bonds. The van der Waals surface area contributed by atoms with Crippen molar-refractivity contribution in [1.29, 1.82) is 0 Å². The number of carbonyl (C=O) groups is 1. The Morgan fingerprint density at radius 2 is 2.10 bits per heavy atom. The maximum absolute atomic E-state index is 11.2.